The van der Waals surface area contributed by atoms with Gasteiger partial charge in [-0.3, -0.25) is 14.6 Å². The molecule has 0 saturated heterocycles. The van der Waals surface area contributed by atoms with E-state index < -0.39 is 5.91 Å². The molecule has 0 aliphatic heterocycles. The molecular weight excluding hydrogens is 439 g/mol. The number of amides is 2. The number of anilines is 1. The van der Waals surface area contributed by atoms with Gasteiger partial charge in [0.1, 0.15) is 5.76 Å². The normalized spacial score (nSPS) is 14.2. The van der Waals surface area contributed by atoms with Crippen molar-refractivity contribution in [3.63, 3.8) is 0 Å². The highest BCUT2D eigenvalue weighted by atomic mass is 35.5. The van der Waals surface area contributed by atoms with Crippen molar-refractivity contribution in [3.8, 4) is 0 Å². The molecule has 2 amide bonds. The molecule has 3 aromatic rings. The van der Waals surface area contributed by atoms with Gasteiger partial charge in [0.15, 0.2) is 5.76 Å². The summed E-state index contributed by atoms with van der Waals surface area (Å²) in [6, 6.07) is 8.20. The van der Waals surface area contributed by atoms with Crippen LogP contribution < -0.4 is 10.7 Å². The summed E-state index contributed by atoms with van der Waals surface area (Å²) in [5, 5.41) is 7.65. The van der Waals surface area contributed by atoms with Crippen LogP contribution in [-0.2, 0) is 6.42 Å². The van der Waals surface area contributed by atoms with Crippen molar-refractivity contribution in [2.75, 3.05) is 5.32 Å². The van der Waals surface area contributed by atoms with Crippen LogP contribution in [0.4, 0.5) is 5.69 Å². The molecule has 2 N–H and O–H groups in total. The van der Waals surface area contributed by atoms with Gasteiger partial charge in [-0.25, -0.2) is 5.43 Å². The van der Waals surface area contributed by atoms with E-state index in [9.17, 15) is 9.59 Å². The van der Waals surface area contributed by atoms with E-state index >= 15 is 0 Å². The van der Waals surface area contributed by atoms with Crippen molar-refractivity contribution >= 4 is 46.4 Å². The lowest BCUT2D eigenvalue weighted by molar-refractivity contribution is 0.0953. The van der Waals surface area contributed by atoms with Crippen molar-refractivity contribution < 1.29 is 14.0 Å². The SMILES string of the molecule is Cc1c(C(=O)Nc2cccc(Cl)c2Cl)oc2c1/C(=N/NC(=O)c1ccncc1)CCC2. The number of benzene rings is 1. The first-order valence-corrected chi connectivity index (χ1v) is 10.4. The van der Waals surface area contributed by atoms with Gasteiger partial charge in [0.2, 0.25) is 0 Å². The zero-order chi connectivity index (χ0) is 22.0. The topological polar surface area (TPSA) is 96.6 Å². The number of nitrogens with one attached hydrogen (secondary N) is 2. The molecule has 0 atom stereocenters. The minimum Gasteiger partial charge on any atom is -0.455 e. The van der Waals surface area contributed by atoms with Gasteiger partial charge in [-0.2, -0.15) is 5.10 Å². The van der Waals surface area contributed by atoms with Crippen LogP contribution in [0, 0.1) is 6.92 Å². The Morgan fingerprint density at radius 1 is 1.10 bits per heavy atom. The highest BCUT2D eigenvalue weighted by Crippen LogP contribution is 2.32. The van der Waals surface area contributed by atoms with Gasteiger partial charge in [-0.1, -0.05) is 29.3 Å². The summed E-state index contributed by atoms with van der Waals surface area (Å²) in [6.07, 6.45) is 5.21. The van der Waals surface area contributed by atoms with Crippen LogP contribution in [0.15, 0.2) is 52.2 Å². The van der Waals surface area contributed by atoms with E-state index in [1.807, 2.05) is 0 Å². The molecule has 31 heavy (non-hydrogen) atoms. The fraction of sp³-hybridized carbons (Fsp3) is 0.182. The van der Waals surface area contributed by atoms with Crippen LogP contribution in [0.25, 0.3) is 0 Å². The molecule has 0 fully saturated rings. The van der Waals surface area contributed by atoms with Gasteiger partial charge in [-0.15, -0.1) is 0 Å². The highest BCUT2D eigenvalue weighted by Gasteiger charge is 2.28. The molecule has 0 unspecified atom stereocenters. The average Bonchev–Trinajstić information content (AvgIpc) is 3.13. The molecule has 2 heterocycles. The summed E-state index contributed by atoms with van der Waals surface area (Å²) in [6.45, 7) is 1.79. The maximum atomic E-state index is 12.9. The Hall–Kier alpha value is -3.16. The number of hydrogen-bond donors (Lipinski definition) is 2. The Bertz CT molecular complexity index is 1190. The highest BCUT2D eigenvalue weighted by molar-refractivity contribution is 6.44. The minimum atomic E-state index is -0.434. The van der Waals surface area contributed by atoms with Crippen LogP contribution in [0.3, 0.4) is 0 Å². The zero-order valence-corrected chi connectivity index (χ0v) is 18.0. The van der Waals surface area contributed by atoms with Gasteiger partial charge < -0.3 is 9.73 Å². The second-order valence-electron chi connectivity index (χ2n) is 7.00. The summed E-state index contributed by atoms with van der Waals surface area (Å²) >= 11 is 12.2. The van der Waals surface area contributed by atoms with Gasteiger partial charge >= 0.3 is 0 Å². The monoisotopic (exact) mass is 456 g/mol. The van der Waals surface area contributed by atoms with Crippen LogP contribution in [-0.4, -0.2) is 22.5 Å². The van der Waals surface area contributed by atoms with Crippen LogP contribution in [0.2, 0.25) is 10.0 Å². The molecule has 9 heteroatoms. The summed E-state index contributed by atoms with van der Waals surface area (Å²) in [5.41, 5.74) is 5.51. The quantitative estimate of drug-likeness (QED) is 0.538. The first-order valence-electron chi connectivity index (χ1n) is 9.60. The second kappa shape index (κ2) is 8.91. The molecule has 2 aromatic heterocycles. The molecule has 0 bridgehead atoms. The Labute approximate surface area is 188 Å². The molecule has 4 rings (SSSR count). The first-order chi connectivity index (χ1) is 15.0. The number of furan rings is 1. The average molecular weight is 457 g/mol. The molecule has 0 radical (unpaired) electrons. The standard InChI is InChI=1S/C22H18Cl2N4O3/c1-12-18-15(27-28-21(29)13-8-10-25-11-9-13)5-3-7-17(18)31-20(12)22(30)26-16-6-2-4-14(23)19(16)24/h2,4,6,8-11H,3,5,7H2,1H3,(H,26,30)(H,28,29)/b27-15+. The van der Waals surface area contributed by atoms with Crippen molar-refractivity contribution in [1.29, 1.82) is 0 Å². The number of carbonyl (C=O) groups is 2. The molecule has 7 nitrogen and oxygen atoms in total. The van der Waals surface area contributed by atoms with Crippen LogP contribution in [0.5, 0.6) is 0 Å². The largest absolute Gasteiger partial charge is 0.455 e. The predicted octanol–water partition coefficient (Wildman–Crippen LogP) is 5.01. The maximum absolute atomic E-state index is 12.9. The van der Waals surface area contributed by atoms with Crippen molar-refractivity contribution in [2.45, 2.75) is 26.2 Å². The third kappa shape index (κ3) is 4.33. The fourth-order valence-electron chi connectivity index (χ4n) is 3.46. The number of aromatic nitrogens is 1. The van der Waals surface area contributed by atoms with Crippen molar-refractivity contribution in [2.24, 2.45) is 5.10 Å². The molecule has 0 spiro atoms. The molecule has 1 aromatic carbocycles. The lowest BCUT2D eigenvalue weighted by Crippen LogP contribution is -2.22. The van der Waals surface area contributed by atoms with E-state index in [-0.39, 0.29) is 16.7 Å². The van der Waals surface area contributed by atoms with Gasteiger partial charge in [0.25, 0.3) is 11.8 Å². The summed E-state index contributed by atoms with van der Waals surface area (Å²) in [7, 11) is 0. The van der Waals surface area contributed by atoms with E-state index in [1.54, 1.807) is 37.3 Å². The number of pyridine rings is 1. The Morgan fingerprint density at radius 2 is 1.87 bits per heavy atom. The number of halogens is 2. The molecule has 1 aliphatic carbocycles. The number of carbonyl (C=O) groups excluding carboxylic acids is 2. The Morgan fingerprint density at radius 3 is 2.65 bits per heavy atom. The summed E-state index contributed by atoms with van der Waals surface area (Å²) in [5.74, 6) is 0.0760. The minimum absolute atomic E-state index is 0.177. The van der Waals surface area contributed by atoms with E-state index in [2.05, 4.69) is 20.8 Å². The van der Waals surface area contributed by atoms with Gasteiger partial charge in [-0.05, 0) is 44.0 Å². The third-order valence-electron chi connectivity index (χ3n) is 4.97. The molecule has 1 aliphatic rings. The maximum Gasteiger partial charge on any atom is 0.291 e. The second-order valence-corrected chi connectivity index (χ2v) is 7.78. The predicted molar refractivity (Wildman–Crippen MR) is 119 cm³/mol. The number of hydrogen-bond acceptors (Lipinski definition) is 5. The Kier molecular flexibility index (Phi) is 6.06. The molecule has 0 saturated carbocycles. The first kappa shape index (κ1) is 21.1. The van der Waals surface area contributed by atoms with Gasteiger partial charge in [0, 0.05) is 35.5 Å². The number of rotatable bonds is 4. The summed E-state index contributed by atoms with van der Waals surface area (Å²) in [4.78, 5) is 29.1. The molecule has 158 valence electrons. The summed E-state index contributed by atoms with van der Waals surface area (Å²) < 4.78 is 5.87. The van der Waals surface area contributed by atoms with Gasteiger partial charge in [0.05, 0.1) is 21.4 Å². The van der Waals surface area contributed by atoms with E-state index in [0.29, 0.717) is 46.2 Å². The number of hydrazone groups is 1. The van der Waals surface area contributed by atoms with E-state index in [1.165, 1.54) is 12.4 Å². The lowest BCUT2D eigenvalue weighted by atomic mass is 9.93. The number of nitrogens with zero attached hydrogens (tertiary/aromatic N) is 2. The van der Waals surface area contributed by atoms with Crippen molar-refractivity contribution in [1.82, 2.24) is 10.4 Å². The van der Waals surface area contributed by atoms with E-state index in [4.69, 9.17) is 27.6 Å². The molecular formula is C22H18Cl2N4O3. The zero-order valence-electron chi connectivity index (χ0n) is 16.5. The number of fused-ring (bicyclic) bond motifs is 1. The van der Waals surface area contributed by atoms with Crippen LogP contribution in [0.1, 0.15) is 50.6 Å². The van der Waals surface area contributed by atoms with Crippen LogP contribution >= 0.6 is 23.2 Å². The Balaban J connectivity index is 1.59. The number of aryl methyl sites for hydroxylation is 1. The van der Waals surface area contributed by atoms with Crippen molar-refractivity contribution in [3.05, 3.63) is 81.0 Å². The third-order valence-corrected chi connectivity index (χ3v) is 5.79. The lowest BCUT2D eigenvalue weighted by Gasteiger charge is -2.13. The smallest absolute Gasteiger partial charge is 0.291 e. The fourth-order valence-corrected chi connectivity index (χ4v) is 3.81. The van der Waals surface area contributed by atoms with E-state index in [0.717, 1.165) is 12.0 Å².